The number of halogens is 1. The van der Waals surface area contributed by atoms with Crippen molar-refractivity contribution in [3.63, 3.8) is 0 Å². The Hall–Kier alpha value is -2.32. The fourth-order valence-corrected chi connectivity index (χ4v) is 2.47. The Bertz CT molecular complexity index is 708. The average molecular weight is 345 g/mol. The Morgan fingerprint density at radius 1 is 1.29 bits per heavy atom. The molecule has 0 saturated carbocycles. The number of carbonyl (C=O) groups is 1. The van der Waals surface area contributed by atoms with E-state index in [4.69, 9.17) is 10.4 Å². The van der Waals surface area contributed by atoms with Crippen LogP contribution in [0, 0.1) is 11.3 Å². The van der Waals surface area contributed by atoms with Gasteiger partial charge in [-0.15, -0.1) is 0 Å². The second-order valence-corrected chi connectivity index (χ2v) is 5.30. The van der Waals surface area contributed by atoms with E-state index in [0.29, 0.717) is 24.1 Å². The first kappa shape index (κ1) is 15.1. The fourth-order valence-electron chi connectivity index (χ4n) is 2.00. The van der Waals surface area contributed by atoms with Gasteiger partial charge in [0.15, 0.2) is 0 Å². The van der Waals surface area contributed by atoms with Crippen molar-refractivity contribution in [1.82, 2.24) is 0 Å². The highest BCUT2D eigenvalue weighted by molar-refractivity contribution is 9.10. The first-order valence-corrected chi connectivity index (χ1v) is 7.16. The summed E-state index contributed by atoms with van der Waals surface area (Å²) in [6.45, 7) is 0.614. The maximum atomic E-state index is 11.1. The number of benzene rings is 2. The van der Waals surface area contributed by atoms with Gasteiger partial charge in [0.1, 0.15) is 6.07 Å². The van der Waals surface area contributed by atoms with Crippen molar-refractivity contribution in [3.8, 4) is 6.07 Å². The Labute approximate surface area is 131 Å². The number of aromatic carboxylic acids is 1. The summed E-state index contributed by atoms with van der Waals surface area (Å²) >= 11 is 3.33. The standard InChI is InChI=1S/C16H13BrN2O2/c17-15-9-13(6-5-12(15)10-18)19-8-7-11-3-1-2-4-14(11)16(20)21/h1-6,9,19H,7-8H2,(H,20,21). The Balaban J connectivity index is 2.01. The van der Waals surface area contributed by atoms with E-state index >= 15 is 0 Å². The summed E-state index contributed by atoms with van der Waals surface area (Å²) in [5, 5.41) is 21.2. The molecule has 0 saturated heterocycles. The van der Waals surface area contributed by atoms with Gasteiger partial charge in [0.25, 0.3) is 0 Å². The number of rotatable bonds is 5. The number of carboxylic acid groups (broad SMARTS) is 1. The van der Waals surface area contributed by atoms with E-state index in [0.717, 1.165) is 15.7 Å². The number of nitriles is 1. The predicted molar refractivity (Wildman–Crippen MR) is 84.5 cm³/mol. The SMILES string of the molecule is N#Cc1ccc(NCCc2ccccc2C(=O)O)cc1Br. The highest BCUT2D eigenvalue weighted by atomic mass is 79.9. The molecule has 0 aliphatic heterocycles. The summed E-state index contributed by atoms with van der Waals surface area (Å²) in [6.07, 6.45) is 0.611. The van der Waals surface area contributed by atoms with Gasteiger partial charge in [0.05, 0.1) is 11.1 Å². The normalized spacial score (nSPS) is 9.90. The van der Waals surface area contributed by atoms with Crippen LogP contribution < -0.4 is 5.32 Å². The van der Waals surface area contributed by atoms with Gasteiger partial charge in [0.2, 0.25) is 0 Å². The summed E-state index contributed by atoms with van der Waals surface area (Å²) in [5.41, 5.74) is 2.59. The van der Waals surface area contributed by atoms with Crippen molar-refractivity contribution < 1.29 is 9.90 Å². The molecular weight excluding hydrogens is 332 g/mol. The van der Waals surface area contributed by atoms with Crippen molar-refractivity contribution >= 4 is 27.6 Å². The van der Waals surface area contributed by atoms with Crippen LogP contribution in [0.25, 0.3) is 0 Å². The van der Waals surface area contributed by atoms with Crippen molar-refractivity contribution in [2.45, 2.75) is 6.42 Å². The highest BCUT2D eigenvalue weighted by Gasteiger charge is 2.08. The van der Waals surface area contributed by atoms with Crippen LogP contribution in [0.1, 0.15) is 21.5 Å². The molecule has 2 N–H and O–H groups in total. The number of carboxylic acids is 1. The molecule has 4 nitrogen and oxygen atoms in total. The summed E-state index contributed by atoms with van der Waals surface area (Å²) in [7, 11) is 0. The van der Waals surface area contributed by atoms with Crippen LogP contribution in [0.15, 0.2) is 46.9 Å². The average Bonchev–Trinajstić information content (AvgIpc) is 2.48. The minimum absolute atomic E-state index is 0.334. The molecule has 2 aromatic carbocycles. The molecule has 0 atom stereocenters. The second kappa shape index (κ2) is 6.91. The molecule has 0 aliphatic rings. The van der Waals surface area contributed by atoms with Crippen LogP contribution in [-0.2, 0) is 6.42 Å². The monoisotopic (exact) mass is 344 g/mol. The molecule has 2 rings (SSSR count). The third kappa shape index (κ3) is 3.83. The molecule has 106 valence electrons. The molecule has 2 aromatic rings. The molecule has 0 bridgehead atoms. The number of hydrogen-bond acceptors (Lipinski definition) is 3. The number of nitrogens with one attached hydrogen (secondary N) is 1. The number of hydrogen-bond donors (Lipinski definition) is 2. The first-order chi connectivity index (χ1) is 10.1. The molecule has 21 heavy (non-hydrogen) atoms. The molecule has 0 aromatic heterocycles. The van der Waals surface area contributed by atoms with Gasteiger partial charge >= 0.3 is 5.97 Å². The zero-order chi connectivity index (χ0) is 15.2. The van der Waals surface area contributed by atoms with Gasteiger partial charge in [-0.1, -0.05) is 18.2 Å². The van der Waals surface area contributed by atoms with E-state index in [1.807, 2.05) is 24.3 Å². The van der Waals surface area contributed by atoms with Gasteiger partial charge in [0, 0.05) is 16.7 Å². The predicted octanol–water partition coefficient (Wildman–Crippen LogP) is 3.67. The van der Waals surface area contributed by atoms with Crippen molar-refractivity contribution in [3.05, 3.63) is 63.6 Å². The third-order valence-electron chi connectivity index (χ3n) is 3.06. The van der Waals surface area contributed by atoms with Crippen LogP contribution in [0.2, 0.25) is 0 Å². The van der Waals surface area contributed by atoms with Crippen molar-refractivity contribution in [1.29, 1.82) is 5.26 Å². The van der Waals surface area contributed by atoms with Crippen LogP contribution in [0.3, 0.4) is 0 Å². The molecular formula is C16H13BrN2O2. The van der Waals surface area contributed by atoms with Crippen LogP contribution in [0.4, 0.5) is 5.69 Å². The minimum Gasteiger partial charge on any atom is -0.478 e. The van der Waals surface area contributed by atoms with E-state index in [9.17, 15) is 4.79 Å². The van der Waals surface area contributed by atoms with Gasteiger partial charge in [-0.3, -0.25) is 0 Å². The molecule has 0 heterocycles. The third-order valence-corrected chi connectivity index (χ3v) is 3.72. The summed E-state index contributed by atoms with van der Waals surface area (Å²) in [5.74, 6) is -0.910. The zero-order valence-corrected chi connectivity index (χ0v) is 12.7. The summed E-state index contributed by atoms with van der Waals surface area (Å²) in [6, 6.07) is 14.5. The van der Waals surface area contributed by atoms with E-state index in [-0.39, 0.29) is 0 Å². The molecule has 0 radical (unpaired) electrons. The first-order valence-electron chi connectivity index (χ1n) is 6.36. The molecule has 0 spiro atoms. The summed E-state index contributed by atoms with van der Waals surface area (Å²) in [4.78, 5) is 11.1. The van der Waals surface area contributed by atoms with Crippen LogP contribution >= 0.6 is 15.9 Å². The molecule has 0 aliphatic carbocycles. The van der Waals surface area contributed by atoms with E-state index < -0.39 is 5.97 Å². The van der Waals surface area contributed by atoms with Gasteiger partial charge < -0.3 is 10.4 Å². The lowest BCUT2D eigenvalue weighted by molar-refractivity contribution is 0.0695. The lowest BCUT2D eigenvalue weighted by Gasteiger charge is -2.09. The molecule has 0 amide bonds. The molecule has 0 unspecified atom stereocenters. The minimum atomic E-state index is -0.910. The largest absolute Gasteiger partial charge is 0.478 e. The lowest BCUT2D eigenvalue weighted by atomic mass is 10.0. The smallest absolute Gasteiger partial charge is 0.335 e. The lowest BCUT2D eigenvalue weighted by Crippen LogP contribution is -2.09. The Morgan fingerprint density at radius 2 is 2.05 bits per heavy atom. The Morgan fingerprint density at radius 3 is 2.71 bits per heavy atom. The number of anilines is 1. The van der Waals surface area contributed by atoms with Gasteiger partial charge in [-0.2, -0.15) is 5.26 Å². The maximum Gasteiger partial charge on any atom is 0.335 e. The topological polar surface area (TPSA) is 73.1 Å². The van der Waals surface area contributed by atoms with E-state index in [1.54, 1.807) is 18.2 Å². The van der Waals surface area contributed by atoms with Gasteiger partial charge in [-0.25, -0.2) is 4.79 Å². The maximum absolute atomic E-state index is 11.1. The van der Waals surface area contributed by atoms with Gasteiger partial charge in [-0.05, 0) is 52.2 Å². The quantitative estimate of drug-likeness (QED) is 0.867. The number of nitrogens with zero attached hydrogens (tertiary/aromatic N) is 1. The van der Waals surface area contributed by atoms with E-state index in [1.165, 1.54) is 0 Å². The van der Waals surface area contributed by atoms with Crippen molar-refractivity contribution in [2.75, 3.05) is 11.9 Å². The second-order valence-electron chi connectivity index (χ2n) is 4.45. The molecule has 5 heteroatoms. The van der Waals surface area contributed by atoms with Crippen molar-refractivity contribution in [2.24, 2.45) is 0 Å². The van der Waals surface area contributed by atoms with Crippen LogP contribution in [0.5, 0.6) is 0 Å². The Kier molecular flexibility index (Phi) is 4.96. The fraction of sp³-hybridized carbons (Fsp3) is 0.125. The van der Waals surface area contributed by atoms with E-state index in [2.05, 4.69) is 27.3 Å². The van der Waals surface area contributed by atoms with Crippen LogP contribution in [-0.4, -0.2) is 17.6 Å². The zero-order valence-electron chi connectivity index (χ0n) is 11.1. The summed E-state index contributed by atoms with van der Waals surface area (Å²) < 4.78 is 0.737. The molecule has 0 fully saturated rings. The highest BCUT2D eigenvalue weighted by Crippen LogP contribution is 2.21.